The molecule has 2 rings (SSSR count). The molecule has 98 valence electrons. The lowest BCUT2D eigenvalue weighted by molar-refractivity contribution is 0.273. The van der Waals surface area contributed by atoms with Crippen LogP contribution in [-0.2, 0) is 6.42 Å². The van der Waals surface area contributed by atoms with Crippen LogP contribution in [0.1, 0.15) is 19.4 Å². The van der Waals surface area contributed by atoms with Crippen LogP contribution in [0.3, 0.4) is 0 Å². The van der Waals surface area contributed by atoms with Crippen molar-refractivity contribution in [2.75, 3.05) is 20.1 Å². The summed E-state index contributed by atoms with van der Waals surface area (Å²) in [5.74, 6) is 0. The highest BCUT2D eigenvalue weighted by atomic mass is 32.1. The maximum absolute atomic E-state index is 6.04. The summed E-state index contributed by atoms with van der Waals surface area (Å²) < 4.78 is 1.38. The number of benzene rings is 1. The summed E-state index contributed by atoms with van der Waals surface area (Å²) in [5, 5.41) is 3.69. The Kier molecular flexibility index (Phi) is 4.05. The van der Waals surface area contributed by atoms with Gasteiger partial charge in [0.15, 0.2) is 0 Å². The lowest BCUT2D eigenvalue weighted by atomic mass is 10.1. The van der Waals surface area contributed by atoms with E-state index in [0.717, 1.165) is 19.5 Å². The summed E-state index contributed by atoms with van der Waals surface area (Å²) in [4.78, 5) is 2.31. The molecule has 1 aromatic heterocycles. The molecule has 0 unspecified atom stereocenters. The van der Waals surface area contributed by atoms with E-state index in [1.54, 1.807) is 0 Å². The zero-order chi connectivity index (χ0) is 13.2. The Morgan fingerprint density at radius 2 is 2.00 bits per heavy atom. The molecule has 18 heavy (non-hydrogen) atoms. The van der Waals surface area contributed by atoms with E-state index in [-0.39, 0.29) is 5.54 Å². The number of rotatable bonds is 5. The van der Waals surface area contributed by atoms with Crippen molar-refractivity contribution in [1.29, 1.82) is 0 Å². The second-order valence-corrected chi connectivity index (χ2v) is 6.64. The first-order valence-electron chi connectivity index (χ1n) is 6.38. The van der Waals surface area contributed by atoms with Gasteiger partial charge in [-0.3, -0.25) is 0 Å². The molecule has 0 aliphatic carbocycles. The van der Waals surface area contributed by atoms with Crippen LogP contribution in [0.4, 0.5) is 0 Å². The topological polar surface area (TPSA) is 29.3 Å². The molecule has 0 fully saturated rings. The van der Waals surface area contributed by atoms with Gasteiger partial charge in [-0.15, -0.1) is 11.3 Å². The van der Waals surface area contributed by atoms with Gasteiger partial charge in [0.25, 0.3) is 0 Å². The summed E-state index contributed by atoms with van der Waals surface area (Å²) in [6, 6.07) is 8.63. The third-order valence-electron chi connectivity index (χ3n) is 3.00. The Hall–Kier alpha value is -0.900. The van der Waals surface area contributed by atoms with Gasteiger partial charge in [-0.05, 0) is 49.7 Å². The van der Waals surface area contributed by atoms with Crippen molar-refractivity contribution < 1.29 is 0 Å². The fraction of sp³-hybridized carbons (Fsp3) is 0.467. The lowest BCUT2D eigenvalue weighted by Crippen LogP contribution is -2.44. The highest BCUT2D eigenvalue weighted by Gasteiger charge is 2.14. The van der Waals surface area contributed by atoms with E-state index in [1.807, 2.05) is 11.3 Å². The van der Waals surface area contributed by atoms with Crippen LogP contribution in [0.2, 0.25) is 0 Å². The van der Waals surface area contributed by atoms with Gasteiger partial charge < -0.3 is 10.6 Å². The lowest BCUT2D eigenvalue weighted by Gasteiger charge is -2.26. The summed E-state index contributed by atoms with van der Waals surface area (Å²) in [7, 11) is 2.14. The van der Waals surface area contributed by atoms with Crippen molar-refractivity contribution in [2.45, 2.75) is 25.8 Å². The van der Waals surface area contributed by atoms with Gasteiger partial charge in [0.1, 0.15) is 0 Å². The molecule has 1 aromatic carbocycles. The quantitative estimate of drug-likeness (QED) is 0.897. The molecular weight excluding hydrogens is 240 g/mol. The minimum Gasteiger partial charge on any atom is -0.324 e. The van der Waals surface area contributed by atoms with Crippen molar-refractivity contribution in [1.82, 2.24) is 4.90 Å². The summed E-state index contributed by atoms with van der Waals surface area (Å²) in [5.41, 5.74) is 7.37. The molecule has 0 atom stereocenters. The highest BCUT2D eigenvalue weighted by molar-refractivity contribution is 7.17. The summed E-state index contributed by atoms with van der Waals surface area (Å²) >= 11 is 1.84. The minimum atomic E-state index is -0.120. The predicted octanol–water partition coefficient (Wildman–Crippen LogP) is 3.11. The predicted molar refractivity (Wildman–Crippen MR) is 81.3 cm³/mol. The number of fused-ring (bicyclic) bond motifs is 1. The maximum Gasteiger partial charge on any atom is 0.0345 e. The van der Waals surface area contributed by atoms with Crippen LogP contribution < -0.4 is 5.73 Å². The second-order valence-electron chi connectivity index (χ2n) is 5.73. The summed E-state index contributed by atoms with van der Waals surface area (Å²) in [6.07, 6.45) is 1.09. The van der Waals surface area contributed by atoms with E-state index >= 15 is 0 Å². The van der Waals surface area contributed by atoms with E-state index in [1.165, 1.54) is 15.6 Å². The molecule has 0 spiro atoms. The Morgan fingerprint density at radius 1 is 1.28 bits per heavy atom. The van der Waals surface area contributed by atoms with Gasteiger partial charge in [-0.25, -0.2) is 0 Å². The number of hydrogen-bond donors (Lipinski definition) is 1. The van der Waals surface area contributed by atoms with Gasteiger partial charge in [0.2, 0.25) is 0 Å². The smallest absolute Gasteiger partial charge is 0.0345 e. The standard InChI is InChI=1S/C15H22N2S/c1-15(2,16)11-17(3)9-8-12-10-18-14-7-5-4-6-13(12)14/h4-7,10H,8-9,11,16H2,1-3H3. The van der Waals surface area contributed by atoms with Crippen LogP contribution in [0.25, 0.3) is 10.1 Å². The monoisotopic (exact) mass is 262 g/mol. The minimum absolute atomic E-state index is 0.120. The van der Waals surface area contributed by atoms with Crippen LogP contribution in [-0.4, -0.2) is 30.6 Å². The molecule has 0 radical (unpaired) electrons. The molecule has 2 N–H and O–H groups in total. The number of nitrogens with zero attached hydrogens (tertiary/aromatic N) is 1. The van der Waals surface area contributed by atoms with E-state index in [0.29, 0.717) is 0 Å². The highest BCUT2D eigenvalue weighted by Crippen LogP contribution is 2.25. The van der Waals surface area contributed by atoms with E-state index < -0.39 is 0 Å². The van der Waals surface area contributed by atoms with E-state index in [2.05, 4.69) is 55.4 Å². The molecule has 3 heteroatoms. The van der Waals surface area contributed by atoms with Crippen LogP contribution in [0, 0.1) is 0 Å². The Labute approximate surface area is 113 Å². The first-order valence-corrected chi connectivity index (χ1v) is 7.26. The summed E-state index contributed by atoms with van der Waals surface area (Å²) in [6.45, 7) is 6.13. The molecule has 0 saturated heterocycles. The SMILES string of the molecule is CN(CCc1csc2ccccc12)CC(C)(C)N. The molecule has 0 aliphatic rings. The fourth-order valence-electron chi connectivity index (χ4n) is 2.31. The average Bonchev–Trinajstić information content (AvgIpc) is 2.67. The first-order chi connectivity index (χ1) is 8.46. The van der Waals surface area contributed by atoms with Crippen LogP contribution >= 0.6 is 11.3 Å². The van der Waals surface area contributed by atoms with Crippen LogP contribution in [0.5, 0.6) is 0 Å². The van der Waals surface area contributed by atoms with Gasteiger partial charge in [0, 0.05) is 23.3 Å². The number of likely N-dealkylation sites (N-methyl/N-ethyl adjacent to an activating group) is 1. The largest absolute Gasteiger partial charge is 0.324 e. The normalized spacial score (nSPS) is 12.5. The van der Waals surface area contributed by atoms with Gasteiger partial charge in [0.05, 0.1) is 0 Å². The third kappa shape index (κ3) is 3.55. The van der Waals surface area contributed by atoms with Crippen molar-refractivity contribution in [3.8, 4) is 0 Å². The van der Waals surface area contributed by atoms with Crippen molar-refractivity contribution in [2.24, 2.45) is 5.73 Å². The third-order valence-corrected chi connectivity index (χ3v) is 4.01. The zero-order valence-electron chi connectivity index (χ0n) is 11.4. The van der Waals surface area contributed by atoms with Gasteiger partial charge in [-0.1, -0.05) is 18.2 Å². The number of hydrogen-bond acceptors (Lipinski definition) is 3. The second kappa shape index (κ2) is 5.39. The number of nitrogens with two attached hydrogens (primary N) is 1. The average molecular weight is 262 g/mol. The zero-order valence-corrected chi connectivity index (χ0v) is 12.3. The molecule has 0 bridgehead atoms. The van der Waals surface area contributed by atoms with E-state index in [9.17, 15) is 0 Å². The molecule has 0 aliphatic heterocycles. The first kappa shape index (κ1) is 13.5. The molecule has 2 nitrogen and oxygen atoms in total. The Bertz CT molecular complexity index is 510. The van der Waals surface area contributed by atoms with Crippen LogP contribution in [0.15, 0.2) is 29.6 Å². The molecule has 2 aromatic rings. The van der Waals surface area contributed by atoms with Gasteiger partial charge >= 0.3 is 0 Å². The van der Waals surface area contributed by atoms with Gasteiger partial charge in [-0.2, -0.15) is 0 Å². The molecule has 0 saturated carbocycles. The fourth-order valence-corrected chi connectivity index (χ4v) is 3.31. The molecule has 0 amide bonds. The molecular formula is C15H22N2S. The van der Waals surface area contributed by atoms with Crippen molar-refractivity contribution in [3.63, 3.8) is 0 Å². The Morgan fingerprint density at radius 3 is 2.72 bits per heavy atom. The van der Waals surface area contributed by atoms with E-state index in [4.69, 9.17) is 5.73 Å². The van der Waals surface area contributed by atoms with Crippen molar-refractivity contribution in [3.05, 3.63) is 35.2 Å². The molecule has 1 heterocycles. The number of thiophene rings is 1. The maximum atomic E-state index is 6.04. The van der Waals surface area contributed by atoms with Crippen molar-refractivity contribution >= 4 is 21.4 Å². The Balaban J connectivity index is 1.98.